The molecular formula is C16H16N4O2S. The molecule has 0 radical (unpaired) electrons. The van der Waals surface area contributed by atoms with Crippen LogP contribution in [0.2, 0.25) is 0 Å². The fraction of sp³-hybridized carbons (Fsp3) is 0.250. The number of hydrogen-bond acceptors (Lipinski definition) is 6. The molecule has 0 saturated heterocycles. The van der Waals surface area contributed by atoms with Gasteiger partial charge in [0.15, 0.2) is 0 Å². The van der Waals surface area contributed by atoms with Gasteiger partial charge in [0.1, 0.15) is 4.88 Å². The summed E-state index contributed by atoms with van der Waals surface area (Å²) in [6.45, 7) is 2.78. The predicted molar refractivity (Wildman–Crippen MR) is 87.2 cm³/mol. The second-order valence-corrected chi connectivity index (χ2v) is 5.91. The molecule has 0 fully saturated rings. The van der Waals surface area contributed by atoms with E-state index in [1.54, 1.807) is 0 Å². The number of aromatic nitrogens is 4. The van der Waals surface area contributed by atoms with Gasteiger partial charge in [-0.05, 0) is 29.1 Å². The summed E-state index contributed by atoms with van der Waals surface area (Å²) in [6.07, 6.45) is 0.640. The number of carbonyl (C=O) groups is 1. The maximum Gasteiger partial charge on any atom is 0.348 e. The van der Waals surface area contributed by atoms with Gasteiger partial charge in [0, 0.05) is 12.0 Å². The Balaban J connectivity index is 1.47. The van der Waals surface area contributed by atoms with Crippen molar-refractivity contribution < 1.29 is 9.53 Å². The first-order valence-electron chi connectivity index (χ1n) is 7.28. The highest BCUT2D eigenvalue weighted by Gasteiger charge is 2.11. The minimum atomic E-state index is -0.269. The second-order valence-electron chi connectivity index (χ2n) is 5.00. The number of hydrogen-bond donors (Lipinski definition) is 0. The lowest BCUT2D eigenvalue weighted by atomic mass is 10.2. The number of carbonyl (C=O) groups excluding carboxylic acids is 1. The van der Waals surface area contributed by atoms with Gasteiger partial charge < -0.3 is 4.74 Å². The van der Waals surface area contributed by atoms with E-state index in [1.807, 2.05) is 48.7 Å². The zero-order valence-electron chi connectivity index (χ0n) is 12.7. The summed E-state index contributed by atoms with van der Waals surface area (Å²) >= 11 is 1.40. The van der Waals surface area contributed by atoms with Gasteiger partial charge in [-0.15, -0.1) is 21.5 Å². The molecule has 0 atom stereocenters. The largest absolute Gasteiger partial charge is 0.461 e. The molecule has 0 aliphatic carbocycles. The summed E-state index contributed by atoms with van der Waals surface area (Å²) < 4.78 is 5.26. The van der Waals surface area contributed by atoms with Crippen LogP contribution in [-0.2, 0) is 11.3 Å². The molecule has 0 N–H and O–H groups in total. The number of benzene rings is 1. The monoisotopic (exact) mass is 328 g/mol. The minimum absolute atomic E-state index is 0.269. The van der Waals surface area contributed by atoms with Crippen molar-refractivity contribution in [3.05, 3.63) is 52.2 Å². The zero-order chi connectivity index (χ0) is 16.1. The molecule has 0 spiro atoms. The first-order valence-corrected chi connectivity index (χ1v) is 8.16. The summed E-state index contributed by atoms with van der Waals surface area (Å²) in [5.74, 6) is 0.325. The highest BCUT2D eigenvalue weighted by Crippen LogP contribution is 2.16. The topological polar surface area (TPSA) is 69.9 Å². The summed E-state index contributed by atoms with van der Waals surface area (Å²) in [6, 6.07) is 11.6. The molecule has 6 nitrogen and oxygen atoms in total. The van der Waals surface area contributed by atoms with Crippen LogP contribution in [0.5, 0.6) is 0 Å². The van der Waals surface area contributed by atoms with Gasteiger partial charge in [0.2, 0.25) is 5.82 Å². The molecule has 118 valence electrons. The third kappa shape index (κ3) is 3.81. The van der Waals surface area contributed by atoms with E-state index in [4.69, 9.17) is 4.74 Å². The number of ether oxygens (including phenoxy) is 1. The summed E-state index contributed by atoms with van der Waals surface area (Å²) in [5.41, 5.74) is 1.88. The van der Waals surface area contributed by atoms with Crippen LogP contribution in [-0.4, -0.2) is 32.8 Å². The Labute approximate surface area is 137 Å². The lowest BCUT2D eigenvalue weighted by Crippen LogP contribution is -2.10. The SMILES string of the molecule is Cc1ccsc1C(=O)OCCCn1nnc(-c2ccccc2)n1. The molecule has 3 aromatic rings. The average Bonchev–Trinajstić information content (AvgIpc) is 3.21. The van der Waals surface area contributed by atoms with Crippen molar-refractivity contribution in [1.82, 2.24) is 20.2 Å². The van der Waals surface area contributed by atoms with E-state index >= 15 is 0 Å². The Morgan fingerprint density at radius 2 is 2.09 bits per heavy atom. The van der Waals surface area contributed by atoms with Crippen molar-refractivity contribution >= 4 is 17.3 Å². The number of esters is 1. The molecule has 0 aliphatic rings. The molecule has 2 aromatic heterocycles. The molecule has 1 aromatic carbocycles. The van der Waals surface area contributed by atoms with Crippen LogP contribution in [0.25, 0.3) is 11.4 Å². The Morgan fingerprint density at radius 1 is 1.26 bits per heavy atom. The van der Waals surface area contributed by atoms with Crippen molar-refractivity contribution in [2.45, 2.75) is 19.9 Å². The maximum absolute atomic E-state index is 11.9. The first-order chi connectivity index (χ1) is 11.2. The molecule has 23 heavy (non-hydrogen) atoms. The Morgan fingerprint density at radius 3 is 2.83 bits per heavy atom. The van der Waals surface area contributed by atoms with Crippen molar-refractivity contribution in [3.63, 3.8) is 0 Å². The molecule has 2 heterocycles. The summed E-state index contributed by atoms with van der Waals surface area (Å²) in [7, 11) is 0. The molecular weight excluding hydrogens is 312 g/mol. The van der Waals surface area contributed by atoms with Crippen LogP contribution in [0.1, 0.15) is 21.7 Å². The predicted octanol–water partition coefficient (Wildman–Crippen LogP) is 2.96. The fourth-order valence-electron chi connectivity index (χ4n) is 2.06. The fourth-order valence-corrected chi connectivity index (χ4v) is 2.88. The Hall–Kier alpha value is -2.54. The van der Waals surface area contributed by atoms with Crippen LogP contribution in [0, 0.1) is 6.92 Å². The molecule has 0 bridgehead atoms. The molecule has 0 saturated carbocycles. The van der Waals surface area contributed by atoms with E-state index in [9.17, 15) is 4.79 Å². The van der Waals surface area contributed by atoms with Gasteiger partial charge in [-0.1, -0.05) is 30.3 Å². The molecule has 0 amide bonds. The highest BCUT2D eigenvalue weighted by atomic mass is 32.1. The summed E-state index contributed by atoms with van der Waals surface area (Å²) in [5, 5.41) is 14.2. The van der Waals surface area contributed by atoms with Gasteiger partial charge in [-0.3, -0.25) is 0 Å². The lowest BCUT2D eigenvalue weighted by molar-refractivity contribution is 0.0498. The van der Waals surface area contributed by atoms with E-state index in [0.29, 0.717) is 30.3 Å². The molecule has 0 unspecified atom stereocenters. The molecule has 7 heteroatoms. The van der Waals surface area contributed by atoms with Gasteiger partial charge in [-0.25, -0.2) is 4.79 Å². The van der Waals surface area contributed by atoms with E-state index in [2.05, 4.69) is 15.4 Å². The quantitative estimate of drug-likeness (QED) is 0.514. The minimum Gasteiger partial charge on any atom is -0.461 e. The number of rotatable bonds is 6. The molecule has 0 aliphatic heterocycles. The van der Waals surface area contributed by atoms with E-state index in [1.165, 1.54) is 16.1 Å². The second kappa shape index (κ2) is 7.15. The van der Waals surface area contributed by atoms with E-state index in [-0.39, 0.29) is 5.97 Å². The smallest absolute Gasteiger partial charge is 0.348 e. The number of tetrazole rings is 1. The third-order valence-electron chi connectivity index (χ3n) is 3.27. The van der Waals surface area contributed by atoms with Crippen LogP contribution in [0.15, 0.2) is 41.8 Å². The number of nitrogens with zero attached hydrogens (tertiary/aromatic N) is 4. The van der Waals surface area contributed by atoms with Gasteiger partial charge in [-0.2, -0.15) is 4.80 Å². The lowest BCUT2D eigenvalue weighted by Gasteiger charge is -2.03. The van der Waals surface area contributed by atoms with Crippen molar-refractivity contribution in [3.8, 4) is 11.4 Å². The summed E-state index contributed by atoms with van der Waals surface area (Å²) in [4.78, 5) is 14.0. The Bertz CT molecular complexity index is 782. The first kappa shape index (κ1) is 15.4. The van der Waals surface area contributed by atoms with Crippen LogP contribution in [0.3, 0.4) is 0 Å². The highest BCUT2D eigenvalue weighted by molar-refractivity contribution is 7.12. The van der Waals surface area contributed by atoms with E-state index in [0.717, 1.165) is 11.1 Å². The van der Waals surface area contributed by atoms with Crippen LogP contribution in [0.4, 0.5) is 0 Å². The van der Waals surface area contributed by atoms with Crippen molar-refractivity contribution in [1.29, 1.82) is 0 Å². The number of thiophene rings is 1. The normalized spacial score (nSPS) is 10.7. The van der Waals surface area contributed by atoms with Gasteiger partial charge >= 0.3 is 5.97 Å². The zero-order valence-corrected chi connectivity index (χ0v) is 13.5. The number of aryl methyl sites for hydroxylation is 2. The van der Waals surface area contributed by atoms with Crippen molar-refractivity contribution in [2.75, 3.05) is 6.61 Å². The van der Waals surface area contributed by atoms with Gasteiger partial charge in [0.05, 0.1) is 13.2 Å². The average molecular weight is 328 g/mol. The van der Waals surface area contributed by atoms with Crippen molar-refractivity contribution in [2.24, 2.45) is 0 Å². The van der Waals surface area contributed by atoms with Gasteiger partial charge in [0.25, 0.3) is 0 Å². The van der Waals surface area contributed by atoms with Crippen LogP contribution >= 0.6 is 11.3 Å². The maximum atomic E-state index is 11.9. The molecule has 3 rings (SSSR count). The van der Waals surface area contributed by atoms with E-state index < -0.39 is 0 Å². The standard InChI is InChI=1S/C16H16N4O2S/c1-12-8-11-23-14(12)16(21)22-10-5-9-20-18-15(17-19-20)13-6-3-2-4-7-13/h2-4,6-8,11H,5,9-10H2,1H3. The Kier molecular flexibility index (Phi) is 4.77. The third-order valence-corrected chi connectivity index (χ3v) is 4.26. The van der Waals surface area contributed by atoms with Crippen LogP contribution < -0.4 is 0 Å².